The maximum atomic E-state index is 12.3. The van der Waals surface area contributed by atoms with E-state index < -0.39 is 12.0 Å². The van der Waals surface area contributed by atoms with Crippen LogP contribution >= 0.6 is 12.6 Å². The summed E-state index contributed by atoms with van der Waals surface area (Å²) < 4.78 is 0. The summed E-state index contributed by atoms with van der Waals surface area (Å²) >= 11 is 4.11. The van der Waals surface area contributed by atoms with Gasteiger partial charge in [0.15, 0.2) is 0 Å². The zero-order chi connectivity index (χ0) is 17.7. The highest BCUT2D eigenvalue weighted by molar-refractivity contribution is 7.80. The minimum Gasteiger partial charge on any atom is -0.480 e. The Morgan fingerprint density at radius 2 is 2.00 bits per heavy atom. The Kier molecular flexibility index (Phi) is 6.25. The molecule has 1 saturated heterocycles. The van der Waals surface area contributed by atoms with Crippen molar-refractivity contribution in [3.05, 3.63) is 35.9 Å². The van der Waals surface area contributed by atoms with E-state index >= 15 is 0 Å². The number of thiol groups is 1. The van der Waals surface area contributed by atoms with Crippen LogP contribution in [0.15, 0.2) is 30.3 Å². The van der Waals surface area contributed by atoms with Crippen LogP contribution in [0.3, 0.4) is 0 Å². The van der Waals surface area contributed by atoms with Crippen molar-refractivity contribution in [1.29, 1.82) is 0 Å². The normalized spacial score (nSPS) is 21.8. The summed E-state index contributed by atoms with van der Waals surface area (Å²) in [6.07, 6.45) is 0.742. The Morgan fingerprint density at radius 3 is 2.58 bits per heavy atom. The van der Waals surface area contributed by atoms with Crippen LogP contribution in [0, 0.1) is 5.92 Å². The van der Waals surface area contributed by atoms with Crippen molar-refractivity contribution in [2.75, 3.05) is 12.3 Å². The number of aliphatic carboxylic acids is 1. The third kappa shape index (κ3) is 4.29. The fourth-order valence-corrected chi connectivity index (χ4v) is 2.97. The van der Waals surface area contributed by atoms with Crippen LogP contribution in [0.2, 0.25) is 0 Å². The largest absolute Gasteiger partial charge is 0.480 e. The number of hydrogen-bond donors (Lipinski definition) is 3. The van der Waals surface area contributed by atoms with Crippen LogP contribution < -0.4 is 5.32 Å². The number of piperidine rings is 1. The number of amides is 2. The number of nitrogens with zero attached hydrogens (tertiary/aromatic N) is 1. The molecule has 1 aliphatic rings. The molecule has 2 rings (SSSR count). The highest BCUT2D eigenvalue weighted by atomic mass is 32.1. The summed E-state index contributed by atoms with van der Waals surface area (Å²) in [7, 11) is 0. The molecule has 1 aromatic carbocycles. The van der Waals surface area contributed by atoms with E-state index in [1.165, 1.54) is 4.90 Å². The maximum absolute atomic E-state index is 12.3. The Hall–Kier alpha value is -2.02. The highest BCUT2D eigenvalue weighted by Gasteiger charge is 2.37. The second kappa shape index (κ2) is 8.19. The summed E-state index contributed by atoms with van der Waals surface area (Å²) in [5.41, 5.74) is 0.534. The predicted octanol–water partition coefficient (Wildman–Crippen LogP) is 1.43. The number of carboxylic acids is 1. The second-order valence-corrected chi connectivity index (χ2v) is 6.40. The lowest BCUT2D eigenvalue weighted by atomic mass is 9.95. The van der Waals surface area contributed by atoms with Crippen LogP contribution in [-0.4, -0.2) is 52.2 Å². The SMILES string of the molecule is CC(CS)C(=O)N1CCC(NC(=O)c2ccccc2)CC1C(=O)O. The third-order valence-electron chi connectivity index (χ3n) is 4.24. The van der Waals surface area contributed by atoms with Gasteiger partial charge in [0.1, 0.15) is 6.04 Å². The average Bonchev–Trinajstić information content (AvgIpc) is 2.61. The molecule has 0 spiro atoms. The molecule has 3 atom stereocenters. The topological polar surface area (TPSA) is 86.7 Å². The summed E-state index contributed by atoms with van der Waals surface area (Å²) in [4.78, 5) is 37.5. The van der Waals surface area contributed by atoms with Crippen molar-refractivity contribution in [2.45, 2.75) is 31.8 Å². The molecule has 2 N–H and O–H groups in total. The van der Waals surface area contributed by atoms with Gasteiger partial charge in [-0.25, -0.2) is 4.79 Å². The molecular weight excluding hydrogens is 328 g/mol. The molecule has 3 unspecified atom stereocenters. The Balaban J connectivity index is 2.03. The van der Waals surface area contributed by atoms with Gasteiger partial charge in [-0.2, -0.15) is 12.6 Å². The van der Waals surface area contributed by atoms with E-state index in [1.807, 2.05) is 6.07 Å². The van der Waals surface area contributed by atoms with Crippen LogP contribution in [0.25, 0.3) is 0 Å². The highest BCUT2D eigenvalue weighted by Crippen LogP contribution is 2.21. The van der Waals surface area contributed by atoms with Crippen molar-refractivity contribution in [3.63, 3.8) is 0 Å². The van der Waals surface area contributed by atoms with Crippen LogP contribution in [-0.2, 0) is 9.59 Å². The minimum absolute atomic E-state index is 0.203. The monoisotopic (exact) mass is 350 g/mol. The van der Waals surface area contributed by atoms with Gasteiger partial charge in [-0.05, 0) is 25.0 Å². The Bertz CT molecular complexity index is 608. The molecule has 0 radical (unpaired) electrons. The first-order valence-electron chi connectivity index (χ1n) is 7.94. The minimum atomic E-state index is -1.05. The Morgan fingerprint density at radius 1 is 1.33 bits per heavy atom. The first-order valence-corrected chi connectivity index (χ1v) is 8.57. The van der Waals surface area contributed by atoms with E-state index in [4.69, 9.17) is 0 Å². The molecule has 0 bridgehead atoms. The van der Waals surface area contributed by atoms with Crippen molar-refractivity contribution in [3.8, 4) is 0 Å². The lowest BCUT2D eigenvalue weighted by Crippen LogP contribution is -2.56. The molecule has 0 aromatic heterocycles. The van der Waals surface area contributed by atoms with E-state index in [0.29, 0.717) is 24.3 Å². The lowest BCUT2D eigenvalue weighted by Gasteiger charge is -2.38. The number of benzene rings is 1. The van der Waals surface area contributed by atoms with Crippen molar-refractivity contribution in [2.24, 2.45) is 5.92 Å². The molecule has 24 heavy (non-hydrogen) atoms. The first kappa shape index (κ1) is 18.3. The van der Waals surface area contributed by atoms with Crippen LogP contribution in [0.1, 0.15) is 30.1 Å². The summed E-state index contributed by atoms with van der Waals surface area (Å²) in [6, 6.07) is 7.59. The van der Waals surface area contributed by atoms with E-state index in [-0.39, 0.29) is 30.2 Å². The fraction of sp³-hybridized carbons (Fsp3) is 0.471. The average molecular weight is 350 g/mol. The van der Waals surface area contributed by atoms with E-state index in [0.717, 1.165) is 0 Å². The van der Waals surface area contributed by atoms with Gasteiger partial charge in [0.25, 0.3) is 5.91 Å². The van der Waals surface area contributed by atoms with Crippen LogP contribution in [0.4, 0.5) is 0 Å². The molecule has 1 heterocycles. The molecule has 6 nitrogen and oxygen atoms in total. The Labute approximate surface area is 146 Å². The number of hydrogen-bond acceptors (Lipinski definition) is 4. The summed E-state index contributed by atoms with van der Waals surface area (Å²) in [5.74, 6) is -1.44. The summed E-state index contributed by atoms with van der Waals surface area (Å²) in [5, 5.41) is 12.3. The zero-order valence-electron chi connectivity index (χ0n) is 13.5. The maximum Gasteiger partial charge on any atom is 0.326 e. The molecular formula is C17H22N2O4S. The first-order chi connectivity index (χ1) is 11.4. The lowest BCUT2D eigenvalue weighted by molar-refractivity contribution is -0.153. The number of rotatable bonds is 5. The number of carboxylic acid groups (broad SMARTS) is 1. The van der Waals surface area contributed by atoms with Gasteiger partial charge in [0.05, 0.1) is 0 Å². The number of carbonyl (C=O) groups is 3. The fourth-order valence-electron chi connectivity index (χ4n) is 2.81. The summed E-state index contributed by atoms with van der Waals surface area (Å²) in [6.45, 7) is 2.05. The van der Waals surface area contributed by atoms with Crippen molar-refractivity contribution in [1.82, 2.24) is 10.2 Å². The smallest absolute Gasteiger partial charge is 0.326 e. The molecule has 1 aromatic rings. The van der Waals surface area contributed by atoms with Crippen LogP contribution in [0.5, 0.6) is 0 Å². The van der Waals surface area contributed by atoms with E-state index in [2.05, 4.69) is 17.9 Å². The van der Waals surface area contributed by atoms with Gasteiger partial charge in [0, 0.05) is 29.8 Å². The van der Waals surface area contributed by atoms with Gasteiger partial charge in [-0.3, -0.25) is 9.59 Å². The number of carbonyl (C=O) groups excluding carboxylic acids is 2. The molecule has 0 aliphatic carbocycles. The predicted molar refractivity (Wildman–Crippen MR) is 93.1 cm³/mol. The third-order valence-corrected chi connectivity index (χ3v) is 4.78. The van der Waals surface area contributed by atoms with Crippen molar-refractivity contribution < 1.29 is 19.5 Å². The van der Waals surface area contributed by atoms with Gasteiger partial charge in [0.2, 0.25) is 5.91 Å². The number of likely N-dealkylation sites (tertiary alicyclic amines) is 1. The molecule has 1 fully saturated rings. The van der Waals surface area contributed by atoms with Gasteiger partial charge >= 0.3 is 5.97 Å². The van der Waals surface area contributed by atoms with Gasteiger partial charge < -0.3 is 15.3 Å². The van der Waals surface area contributed by atoms with Crippen molar-refractivity contribution >= 4 is 30.4 Å². The van der Waals surface area contributed by atoms with Gasteiger partial charge in [-0.1, -0.05) is 25.1 Å². The molecule has 2 amide bonds. The quantitative estimate of drug-likeness (QED) is 0.701. The zero-order valence-corrected chi connectivity index (χ0v) is 14.4. The van der Waals surface area contributed by atoms with E-state index in [9.17, 15) is 19.5 Å². The molecule has 7 heteroatoms. The molecule has 1 aliphatic heterocycles. The second-order valence-electron chi connectivity index (χ2n) is 6.03. The standard InChI is InChI=1S/C17H22N2O4S/c1-11(10-24)16(21)19-8-7-13(9-14(19)17(22)23)18-15(20)12-5-3-2-4-6-12/h2-6,11,13-14,24H,7-10H2,1H3,(H,18,20)(H,22,23). The number of nitrogens with one attached hydrogen (secondary N) is 1. The van der Waals surface area contributed by atoms with E-state index in [1.54, 1.807) is 31.2 Å². The molecule has 130 valence electrons. The molecule has 0 saturated carbocycles. The van der Waals surface area contributed by atoms with Gasteiger partial charge in [-0.15, -0.1) is 0 Å².